The third-order valence-electron chi connectivity index (χ3n) is 3.57. The Bertz CT molecular complexity index is 369. The van der Waals surface area contributed by atoms with Crippen molar-refractivity contribution >= 4 is 11.8 Å². The van der Waals surface area contributed by atoms with Crippen LogP contribution in [-0.4, -0.2) is 17.8 Å². The van der Waals surface area contributed by atoms with Crippen LogP contribution in [0.3, 0.4) is 0 Å². The molecule has 0 N–H and O–H groups in total. The molecule has 0 saturated carbocycles. The monoisotopic (exact) mass is 294 g/mol. The topological polar surface area (TPSA) is 18.5 Å². The van der Waals surface area contributed by atoms with Crippen LogP contribution in [0.25, 0.3) is 0 Å². The van der Waals surface area contributed by atoms with Gasteiger partial charge in [-0.05, 0) is 25.5 Å². The predicted molar refractivity (Wildman–Crippen MR) is 84.9 cm³/mol. The van der Waals surface area contributed by atoms with Crippen LogP contribution in [0.1, 0.15) is 52.4 Å². The Balaban J connectivity index is 1.78. The van der Waals surface area contributed by atoms with Gasteiger partial charge < -0.3 is 9.47 Å². The van der Waals surface area contributed by atoms with Crippen LogP contribution in [0.15, 0.2) is 35.2 Å². The van der Waals surface area contributed by atoms with Gasteiger partial charge in [-0.25, -0.2) is 0 Å². The van der Waals surface area contributed by atoms with Gasteiger partial charge in [-0.1, -0.05) is 62.6 Å². The molecule has 2 rings (SSSR count). The summed E-state index contributed by atoms with van der Waals surface area (Å²) in [6.07, 6.45) is 7.65. The minimum Gasteiger partial charge on any atom is -0.350 e. The van der Waals surface area contributed by atoms with Gasteiger partial charge in [0.1, 0.15) is 5.44 Å². The average molecular weight is 294 g/mol. The molecular formula is C17H26O2S. The summed E-state index contributed by atoms with van der Waals surface area (Å²) in [5.74, 6) is 0. The average Bonchev–Trinajstić information content (AvgIpc) is 2.44. The first kappa shape index (κ1) is 15.9. The summed E-state index contributed by atoms with van der Waals surface area (Å²) in [7, 11) is 0. The minimum atomic E-state index is -0.0823. The maximum atomic E-state index is 5.90. The lowest BCUT2D eigenvalue weighted by molar-refractivity contribution is -0.213. The Kier molecular flexibility index (Phi) is 6.91. The number of thioether (sulfide) groups is 1. The van der Waals surface area contributed by atoms with E-state index in [4.69, 9.17) is 9.47 Å². The fourth-order valence-electron chi connectivity index (χ4n) is 2.55. The summed E-state index contributed by atoms with van der Waals surface area (Å²) >= 11 is 1.81. The van der Waals surface area contributed by atoms with Gasteiger partial charge in [0.15, 0.2) is 6.29 Å². The summed E-state index contributed by atoms with van der Waals surface area (Å²) < 4.78 is 11.8. The molecule has 1 aliphatic rings. The van der Waals surface area contributed by atoms with E-state index in [0.717, 1.165) is 6.42 Å². The Hall–Kier alpha value is -0.510. The molecule has 3 heteroatoms. The maximum absolute atomic E-state index is 5.90. The van der Waals surface area contributed by atoms with E-state index in [0.29, 0.717) is 6.10 Å². The zero-order chi connectivity index (χ0) is 14.2. The summed E-state index contributed by atoms with van der Waals surface area (Å²) in [4.78, 5) is 1.27. The summed E-state index contributed by atoms with van der Waals surface area (Å²) in [5.41, 5.74) is 0.220. The molecule has 2 nitrogen and oxygen atoms in total. The molecule has 0 unspecified atom stereocenters. The third-order valence-corrected chi connectivity index (χ3v) is 4.68. The molecule has 0 spiro atoms. The van der Waals surface area contributed by atoms with Crippen molar-refractivity contribution in [1.82, 2.24) is 0 Å². The SMILES string of the molecule is CCCCCC[C@H]1C[C@H](Sc2ccccc2)O[C@@H](C)O1. The second-order valence-corrected chi connectivity index (χ2v) is 6.64. The highest BCUT2D eigenvalue weighted by atomic mass is 32.2. The lowest BCUT2D eigenvalue weighted by atomic mass is 10.1. The van der Waals surface area contributed by atoms with Gasteiger partial charge >= 0.3 is 0 Å². The van der Waals surface area contributed by atoms with Gasteiger partial charge in [-0.15, -0.1) is 0 Å². The first-order valence-electron chi connectivity index (χ1n) is 7.80. The van der Waals surface area contributed by atoms with Crippen LogP contribution in [0.4, 0.5) is 0 Å². The highest BCUT2D eigenvalue weighted by molar-refractivity contribution is 7.99. The van der Waals surface area contributed by atoms with Crippen molar-refractivity contribution in [1.29, 1.82) is 0 Å². The fraction of sp³-hybridized carbons (Fsp3) is 0.647. The number of rotatable bonds is 7. The number of hydrogen-bond acceptors (Lipinski definition) is 3. The van der Waals surface area contributed by atoms with Crippen molar-refractivity contribution in [2.24, 2.45) is 0 Å². The molecule has 0 radical (unpaired) electrons. The zero-order valence-corrected chi connectivity index (χ0v) is 13.4. The third kappa shape index (κ3) is 5.47. The highest BCUT2D eigenvalue weighted by Gasteiger charge is 2.27. The highest BCUT2D eigenvalue weighted by Crippen LogP contribution is 2.33. The molecule has 0 bridgehead atoms. The Morgan fingerprint density at radius 3 is 2.65 bits per heavy atom. The predicted octanol–water partition coefficient (Wildman–Crippen LogP) is 5.23. The van der Waals surface area contributed by atoms with Gasteiger partial charge in [-0.2, -0.15) is 0 Å². The molecule has 3 atom stereocenters. The molecular weight excluding hydrogens is 268 g/mol. The molecule has 1 aliphatic heterocycles. The summed E-state index contributed by atoms with van der Waals surface area (Å²) in [6.45, 7) is 4.26. The summed E-state index contributed by atoms with van der Waals surface area (Å²) in [5, 5.41) is 0. The molecule has 1 fully saturated rings. The van der Waals surface area contributed by atoms with Crippen LogP contribution in [0.5, 0.6) is 0 Å². The normalized spacial score (nSPS) is 26.6. The van der Waals surface area contributed by atoms with E-state index in [2.05, 4.69) is 31.2 Å². The molecule has 1 aromatic carbocycles. The maximum Gasteiger partial charge on any atom is 0.156 e. The van der Waals surface area contributed by atoms with Gasteiger partial charge in [0.05, 0.1) is 6.10 Å². The Labute approximate surface area is 127 Å². The standard InChI is InChI=1S/C17H26O2S/c1-3-4-5-7-10-15-13-17(19-14(2)18-15)20-16-11-8-6-9-12-16/h6,8-9,11-12,14-15,17H,3-5,7,10,13H2,1-2H3/t14-,15-,17-/m0/s1. The second kappa shape index (κ2) is 8.71. The van der Waals surface area contributed by atoms with Gasteiger partial charge in [0.2, 0.25) is 0 Å². The van der Waals surface area contributed by atoms with E-state index in [1.165, 1.54) is 37.0 Å². The van der Waals surface area contributed by atoms with E-state index in [9.17, 15) is 0 Å². The number of unbranched alkanes of at least 4 members (excludes halogenated alkanes) is 3. The quantitative estimate of drug-likeness (QED) is 0.642. The van der Waals surface area contributed by atoms with E-state index in [-0.39, 0.29) is 11.7 Å². The van der Waals surface area contributed by atoms with E-state index >= 15 is 0 Å². The van der Waals surface area contributed by atoms with Crippen molar-refractivity contribution in [2.75, 3.05) is 0 Å². The molecule has 0 aliphatic carbocycles. The van der Waals surface area contributed by atoms with Gasteiger partial charge in [0.25, 0.3) is 0 Å². The Morgan fingerprint density at radius 2 is 1.90 bits per heavy atom. The van der Waals surface area contributed by atoms with Gasteiger partial charge in [0, 0.05) is 11.3 Å². The lowest BCUT2D eigenvalue weighted by Crippen LogP contribution is -2.35. The molecule has 112 valence electrons. The molecule has 0 amide bonds. The fourth-order valence-corrected chi connectivity index (χ4v) is 3.69. The van der Waals surface area contributed by atoms with E-state index in [1.54, 1.807) is 0 Å². The molecule has 1 saturated heterocycles. The lowest BCUT2D eigenvalue weighted by Gasteiger charge is -2.34. The van der Waals surface area contributed by atoms with Crippen molar-refractivity contribution < 1.29 is 9.47 Å². The van der Waals surface area contributed by atoms with Crippen LogP contribution in [-0.2, 0) is 9.47 Å². The Morgan fingerprint density at radius 1 is 1.10 bits per heavy atom. The molecule has 20 heavy (non-hydrogen) atoms. The van der Waals surface area contributed by atoms with Crippen LogP contribution >= 0.6 is 11.8 Å². The van der Waals surface area contributed by atoms with Crippen molar-refractivity contribution in [3.63, 3.8) is 0 Å². The van der Waals surface area contributed by atoms with Crippen LogP contribution < -0.4 is 0 Å². The molecule has 0 aromatic heterocycles. The molecule has 1 aromatic rings. The van der Waals surface area contributed by atoms with Crippen LogP contribution in [0, 0.1) is 0 Å². The number of ether oxygens (including phenoxy) is 2. The second-order valence-electron chi connectivity index (χ2n) is 5.41. The van der Waals surface area contributed by atoms with Crippen LogP contribution in [0.2, 0.25) is 0 Å². The number of benzene rings is 1. The molecule has 1 heterocycles. The first-order chi connectivity index (χ1) is 9.78. The van der Waals surface area contributed by atoms with Crippen molar-refractivity contribution in [2.45, 2.75) is 75.1 Å². The first-order valence-corrected chi connectivity index (χ1v) is 8.68. The van der Waals surface area contributed by atoms with E-state index < -0.39 is 0 Å². The van der Waals surface area contributed by atoms with E-state index in [1.807, 2.05) is 24.8 Å². The minimum absolute atomic E-state index is 0.0823. The number of hydrogen-bond donors (Lipinski definition) is 0. The zero-order valence-electron chi connectivity index (χ0n) is 12.6. The largest absolute Gasteiger partial charge is 0.350 e. The summed E-state index contributed by atoms with van der Waals surface area (Å²) in [6, 6.07) is 10.5. The smallest absolute Gasteiger partial charge is 0.156 e. The van der Waals surface area contributed by atoms with Gasteiger partial charge in [-0.3, -0.25) is 0 Å². The van der Waals surface area contributed by atoms with Crippen molar-refractivity contribution in [3.8, 4) is 0 Å². The van der Waals surface area contributed by atoms with Crippen molar-refractivity contribution in [3.05, 3.63) is 30.3 Å².